The van der Waals surface area contributed by atoms with Gasteiger partial charge in [-0.15, -0.1) is 0 Å². The number of hydrogen-bond acceptors (Lipinski definition) is 11. The minimum Gasteiger partial charge on any atom is -0.478 e. The van der Waals surface area contributed by atoms with Gasteiger partial charge in [0.1, 0.15) is 5.78 Å². The van der Waals surface area contributed by atoms with Crippen LogP contribution in [0.25, 0.3) is 0 Å². The molecule has 0 heterocycles. The van der Waals surface area contributed by atoms with Crippen LogP contribution in [0.1, 0.15) is 53.9 Å². The lowest BCUT2D eigenvalue weighted by molar-refractivity contribution is -0.133. The quantitative estimate of drug-likeness (QED) is 0.0900. The van der Waals surface area contributed by atoms with Crippen LogP contribution in [0.5, 0.6) is 0 Å². The van der Waals surface area contributed by atoms with E-state index in [1.165, 1.54) is 20.8 Å². The van der Waals surface area contributed by atoms with E-state index >= 15 is 0 Å². The van der Waals surface area contributed by atoms with E-state index in [1.807, 2.05) is 12.2 Å². The molecule has 0 saturated carbocycles. The highest BCUT2D eigenvalue weighted by atomic mass is 16.4. The van der Waals surface area contributed by atoms with Gasteiger partial charge in [-0.1, -0.05) is 33.6 Å². The lowest BCUT2D eigenvalue weighted by Crippen LogP contribution is -2.32. The summed E-state index contributed by atoms with van der Waals surface area (Å²) in [6.07, 6.45) is 4.25. The zero-order valence-electron chi connectivity index (χ0n) is 27.6. The number of aliphatic hydroxyl groups excluding tert-OH is 3. The van der Waals surface area contributed by atoms with Gasteiger partial charge in [0.25, 0.3) is 0 Å². The summed E-state index contributed by atoms with van der Waals surface area (Å²) in [5, 5.41) is 67.7. The molecule has 0 aliphatic carbocycles. The number of aliphatic carboxylic acids is 5. The number of rotatable bonds is 14. The lowest BCUT2D eigenvalue weighted by atomic mass is 9.88. The van der Waals surface area contributed by atoms with Crippen LogP contribution in [0.3, 0.4) is 0 Å². The van der Waals surface area contributed by atoms with Gasteiger partial charge in [0.2, 0.25) is 0 Å². The smallest absolute Gasteiger partial charge is 0.332 e. The summed E-state index contributed by atoms with van der Waals surface area (Å²) in [7, 11) is 0. The lowest BCUT2D eigenvalue weighted by Gasteiger charge is -2.24. The molecule has 2 amide bonds. The monoisotopic (exact) mass is 692 g/mol. The second kappa shape index (κ2) is 34.4. The van der Waals surface area contributed by atoms with E-state index in [2.05, 4.69) is 25.5 Å². The van der Waals surface area contributed by atoms with Crippen molar-refractivity contribution in [3.63, 3.8) is 0 Å². The first-order chi connectivity index (χ1) is 22.0. The maximum atomic E-state index is 11.4. The van der Waals surface area contributed by atoms with E-state index in [9.17, 15) is 38.4 Å². The molecule has 0 saturated heterocycles. The van der Waals surface area contributed by atoms with Crippen molar-refractivity contribution in [1.29, 1.82) is 0 Å². The molecule has 0 aromatic rings. The maximum absolute atomic E-state index is 11.4. The molecule has 18 heteroatoms. The van der Waals surface area contributed by atoms with Gasteiger partial charge in [-0.2, -0.15) is 0 Å². The second-order valence-electron chi connectivity index (χ2n) is 8.66. The van der Waals surface area contributed by atoms with E-state index in [0.29, 0.717) is 12.8 Å². The van der Waals surface area contributed by atoms with Crippen LogP contribution in [-0.4, -0.2) is 108 Å². The van der Waals surface area contributed by atoms with Gasteiger partial charge in [0.15, 0.2) is 5.78 Å². The fraction of sp³-hybridized carbons (Fsp3) is 0.400. The van der Waals surface area contributed by atoms with E-state index in [0.717, 1.165) is 24.4 Å². The molecule has 0 spiro atoms. The number of carboxylic acid groups (broad SMARTS) is 5. The summed E-state index contributed by atoms with van der Waals surface area (Å²) in [6.45, 7) is 16.0. The zero-order valence-corrected chi connectivity index (χ0v) is 27.6. The summed E-state index contributed by atoms with van der Waals surface area (Å²) < 4.78 is 0. The van der Waals surface area contributed by atoms with Gasteiger partial charge in [-0.3, -0.25) is 9.59 Å². The number of nitrogens with one attached hydrogen (secondary N) is 1. The number of ketones is 2. The van der Waals surface area contributed by atoms with Crippen molar-refractivity contribution >= 4 is 47.4 Å². The van der Waals surface area contributed by atoms with Gasteiger partial charge in [0.05, 0.1) is 31.8 Å². The summed E-state index contributed by atoms with van der Waals surface area (Å²) in [4.78, 5) is 80.5. The Bertz CT molecular complexity index is 1090. The van der Waals surface area contributed by atoms with Crippen LogP contribution in [-0.2, 0) is 33.6 Å². The number of allylic oxidation sites excluding steroid dienone is 1. The molecule has 18 nitrogen and oxygen atoms in total. The van der Waals surface area contributed by atoms with Crippen LogP contribution in [0.15, 0.2) is 60.9 Å². The average molecular weight is 693 g/mol. The van der Waals surface area contributed by atoms with Gasteiger partial charge in [-0.05, 0) is 33.6 Å². The third kappa shape index (κ3) is 40.5. The summed E-state index contributed by atoms with van der Waals surface area (Å²) in [5.41, 5.74) is 4.27. The number of carbonyl (C=O) groups excluding carboxylic acids is 3. The largest absolute Gasteiger partial charge is 0.478 e. The summed E-state index contributed by atoms with van der Waals surface area (Å²) in [6, 6.07) is -0.777. The fourth-order valence-corrected chi connectivity index (χ4v) is 1.86. The highest BCUT2D eigenvalue weighted by Crippen LogP contribution is 2.18. The Morgan fingerprint density at radius 1 is 0.688 bits per heavy atom. The number of urea groups is 1. The third-order valence-corrected chi connectivity index (χ3v) is 4.92. The first-order valence-electron chi connectivity index (χ1n) is 13.3. The third-order valence-electron chi connectivity index (χ3n) is 4.92. The minimum atomic E-state index is -1.11. The van der Waals surface area contributed by atoms with Crippen LogP contribution in [0.4, 0.5) is 4.79 Å². The molecule has 0 aromatic carbocycles. The van der Waals surface area contributed by atoms with Crippen molar-refractivity contribution in [3.05, 3.63) is 60.9 Å². The molecule has 48 heavy (non-hydrogen) atoms. The summed E-state index contributed by atoms with van der Waals surface area (Å²) >= 11 is 0. The summed E-state index contributed by atoms with van der Waals surface area (Å²) in [5.74, 6) is -5.79. The Hall–Kier alpha value is -5.46. The standard InChI is InChI=1S/C10H14O4.C6H14O3.C5H8N2O3.3C3H4O2/c1-4-8(7(3)10(13)14)9(12)5-6(2)11;1-2-6(3-7,4-8)5-9;1-3(4(8)9)2-7-5(6)10;3*1-2-3(4)5/h4-5H2,1-3H3,(H,13,14);7-9H,2-5H2,1H3;2H,1H3,(H,8,9)(H3,6,7,10);3*2H,1H2,(H,4,5). The molecule has 0 bridgehead atoms. The molecule has 274 valence electrons. The average Bonchev–Trinajstić information content (AvgIpc) is 3.02. The Balaban J connectivity index is -0.000000116. The van der Waals surface area contributed by atoms with Crippen LogP contribution in [0.2, 0.25) is 0 Å². The molecule has 0 aromatic heterocycles. The van der Waals surface area contributed by atoms with Gasteiger partial charge in [0, 0.05) is 41.0 Å². The van der Waals surface area contributed by atoms with Crippen molar-refractivity contribution in [1.82, 2.24) is 5.32 Å². The van der Waals surface area contributed by atoms with Crippen LogP contribution in [0, 0.1) is 5.41 Å². The maximum Gasteiger partial charge on any atom is 0.332 e. The normalized spacial score (nSPS) is 9.96. The zero-order chi connectivity index (χ0) is 39.6. The topological polar surface area (TPSA) is 336 Å². The molecular formula is C30H48N2O16. The first-order valence-corrected chi connectivity index (χ1v) is 13.3. The molecular weight excluding hydrogens is 644 g/mol. The van der Waals surface area contributed by atoms with Gasteiger partial charge < -0.3 is 51.9 Å². The molecule has 0 aliphatic heterocycles. The molecule has 0 fully saturated rings. The Labute approximate surface area is 277 Å². The number of nitrogens with two attached hydrogens (primary N) is 1. The Morgan fingerprint density at radius 3 is 1.17 bits per heavy atom. The predicted molar refractivity (Wildman–Crippen MR) is 173 cm³/mol. The fourth-order valence-electron chi connectivity index (χ4n) is 1.86. The molecule has 0 atom stereocenters. The van der Waals surface area contributed by atoms with Gasteiger partial charge in [-0.25, -0.2) is 28.8 Å². The number of carboxylic acids is 5. The number of amides is 2. The van der Waals surface area contributed by atoms with Crippen molar-refractivity contribution < 1.29 is 79.2 Å². The van der Waals surface area contributed by atoms with Crippen LogP contribution < -0.4 is 11.1 Å². The van der Waals surface area contributed by atoms with E-state index in [1.54, 1.807) is 6.92 Å². The highest BCUT2D eigenvalue weighted by Gasteiger charge is 2.24. The minimum absolute atomic E-state index is 0.0266. The van der Waals surface area contributed by atoms with E-state index < -0.39 is 41.3 Å². The SMILES string of the molecule is C=CC(=O)O.C=CC(=O)O.C=CC(=O)O.CC(=CNC(N)=O)C(=O)O.CCC(C(=O)CC(C)=O)=C(C)C(=O)O.CCC(CO)(CO)CO. The molecule has 0 aliphatic rings. The molecule has 0 rings (SSSR count). The van der Waals surface area contributed by atoms with E-state index in [4.69, 9.17) is 40.9 Å². The predicted octanol–water partition coefficient (Wildman–Crippen LogP) is 1.12. The second-order valence-corrected chi connectivity index (χ2v) is 8.66. The number of hydrogen-bond donors (Lipinski definition) is 10. The van der Waals surface area contributed by atoms with Crippen LogP contribution >= 0.6 is 0 Å². The Kier molecular flexibility index (Phi) is 39.4. The molecule has 0 unspecified atom stereocenters. The number of primary amides is 1. The van der Waals surface area contributed by atoms with Crippen molar-refractivity contribution in [2.75, 3.05) is 19.8 Å². The molecule has 0 radical (unpaired) electrons. The Morgan fingerprint density at radius 2 is 1.02 bits per heavy atom. The van der Waals surface area contributed by atoms with E-state index in [-0.39, 0.29) is 54.5 Å². The van der Waals surface area contributed by atoms with Gasteiger partial charge >= 0.3 is 35.9 Å². The van der Waals surface area contributed by atoms with Crippen molar-refractivity contribution in [3.8, 4) is 0 Å². The first kappa shape index (κ1) is 55.0. The number of aliphatic hydroxyl groups is 3. The number of carbonyl (C=O) groups is 8. The van der Waals surface area contributed by atoms with Crippen molar-refractivity contribution in [2.24, 2.45) is 11.1 Å². The van der Waals surface area contributed by atoms with Crippen molar-refractivity contribution in [2.45, 2.75) is 53.9 Å². The highest BCUT2D eigenvalue weighted by molar-refractivity contribution is 6.10. The number of Topliss-reactive ketones (excluding diaryl/α,β-unsaturated/α-hetero) is 2. The molecule has 11 N–H and O–H groups in total.